The van der Waals surface area contributed by atoms with Crippen molar-refractivity contribution < 1.29 is 14.5 Å². The van der Waals surface area contributed by atoms with Gasteiger partial charge in [-0.15, -0.1) is 11.8 Å². The number of aliphatic imine (C=N–C) groups is 1. The topological polar surface area (TPSA) is 108 Å². The van der Waals surface area contributed by atoms with Crippen molar-refractivity contribution in [2.75, 3.05) is 19.9 Å². The van der Waals surface area contributed by atoms with Crippen molar-refractivity contribution in [3.63, 3.8) is 0 Å². The van der Waals surface area contributed by atoms with Gasteiger partial charge in [0, 0.05) is 30.8 Å². The fourth-order valence-electron chi connectivity index (χ4n) is 1.41. The van der Waals surface area contributed by atoms with Crippen molar-refractivity contribution >= 4 is 29.6 Å². The first kappa shape index (κ1) is 16.7. The molecule has 0 aliphatic carbocycles. The second kappa shape index (κ2) is 8.05. The van der Waals surface area contributed by atoms with E-state index >= 15 is 0 Å². The maximum Gasteiger partial charge on any atom is 0.338 e. The van der Waals surface area contributed by atoms with Crippen LogP contribution in [0.5, 0.6) is 0 Å². The predicted molar refractivity (Wildman–Crippen MR) is 81.8 cm³/mol. The third-order valence-corrected chi connectivity index (χ3v) is 3.54. The zero-order valence-corrected chi connectivity index (χ0v) is 12.4. The maximum atomic E-state index is 11.4. The zero-order valence-electron chi connectivity index (χ0n) is 11.6. The molecule has 0 amide bonds. The summed E-state index contributed by atoms with van der Waals surface area (Å²) >= 11 is 1.21. The van der Waals surface area contributed by atoms with E-state index in [1.165, 1.54) is 37.1 Å². The summed E-state index contributed by atoms with van der Waals surface area (Å²) in [4.78, 5) is 26.1. The molecule has 21 heavy (non-hydrogen) atoms. The second-order valence-corrected chi connectivity index (χ2v) is 4.89. The van der Waals surface area contributed by atoms with Crippen LogP contribution in [-0.4, -0.2) is 37.0 Å². The van der Waals surface area contributed by atoms with Crippen molar-refractivity contribution in [3.05, 3.63) is 45.6 Å². The molecule has 0 spiro atoms. The number of ether oxygens (including phenoxy) is 1. The molecule has 0 unspecified atom stereocenters. The van der Waals surface area contributed by atoms with Crippen LogP contribution in [0.1, 0.15) is 10.4 Å². The highest BCUT2D eigenvalue weighted by Crippen LogP contribution is 2.30. The number of methoxy groups -OCH3 is 1. The molecular weight excluding hydrogens is 294 g/mol. The fourth-order valence-corrected chi connectivity index (χ4v) is 2.27. The Hall–Kier alpha value is -2.35. The van der Waals surface area contributed by atoms with Gasteiger partial charge in [0.25, 0.3) is 5.69 Å². The van der Waals surface area contributed by atoms with Crippen LogP contribution in [0.4, 0.5) is 5.69 Å². The van der Waals surface area contributed by atoms with Crippen LogP contribution in [0.25, 0.3) is 0 Å². The Morgan fingerprint density at radius 3 is 2.86 bits per heavy atom. The Bertz CT molecular complexity index is 599. The lowest BCUT2D eigenvalue weighted by atomic mass is 10.2. The van der Waals surface area contributed by atoms with Gasteiger partial charge in [0.2, 0.25) is 0 Å². The number of nitrogens with zero attached hydrogens (tertiary/aromatic N) is 2. The van der Waals surface area contributed by atoms with E-state index in [9.17, 15) is 14.9 Å². The van der Waals surface area contributed by atoms with E-state index in [0.717, 1.165) is 0 Å². The number of rotatable bonds is 6. The van der Waals surface area contributed by atoms with Gasteiger partial charge in [0.15, 0.2) is 0 Å². The van der Waals surface area contributed by atoms with Gasteiger partial charge >= 0.3 is 5.97 Å². The first-order chi connectivity index (χ1) is 9.99. The van der Waals surface area contributed by atoms with Crippen LogP contribution in [-0.2, 0) is 4.74 Å². The minimum absolute atomic E-state index is 0.134. The summed E-state index contributed by atoms with van der Waals surface area (Å²) in [6, 6.07) is 4.19. The largest absolute Gasteiger partial charge is 0.465 e. The van der Waals surface area contributed by atoms with Crippen LogP contribution in [0.2, 0.25) is 0 Å². The Morgan fingerprint density at radius 1 is 1.57 bits per heavy atom. The SMILES string of the molecule is CN=C/C=C(\N)CSc1ccc(C(=O)OC)cc1[N+](=O)[O-]. The molecule has 0 saturated carbocycles. The standard InChI is InChI=1S/C13H15N3O4S/c1-15-6-5-10(14)8-21-12-4-3-9(13(17)20-2)7-11(12)16(18)19/h3-7H,8,14H2,1-2H3/b10-5-,15-6?. The fraction of sp³-hybridized carbons (Fsp3) is 0.231. The molecule has 0 heterocycles. The van der Waals surface area contributed by atoms with Crippen LogP contribution in [0.3, 0.4) is 0 Å². The van der Waals surface area contributed by atoms with Crippen molar-refractivity contribution in [1.82, 2.24) is 0 Å². The van der Waals surface area contributed by atoms with Crippen LogP contribution in [0.15, 0.2) is 39.9 Å². The normalized spacial score (nSPS) is 11.6. The molecule has 0 bridgehead atoms. The van der Waals surface area contributed by atoms with Crippen molar-refractivity contribution in [1.29, 1.82) is 0 Å². The number of hydrogen-bond acceptors (Lipinski definition) is 7. The van der Waals surface area contributed by atoms with Crippen molar-refractivity contribution in [3.8, 4) is 0 Å². The first-order valence-corrected chi connectivity index (χ1v) is 6.84. The molecule has 0 aliphatic rings. The molecule has 0 fully saturated rings. The number of carbonyl (C=O) groups excluding carboxylic acids is 1. The summed E-state index contributed by atoms with van der Waals surface area (Å²) in [5, 5.41) is 11.1. The highest BCUT2D eigenvalue weighted by Gasteiger charge is 2.18. The van der Waals surface area contributed by atoms with E-state index in [1.807, 2.05) is 0 Å². The predicted octanol–water partition coefficient (Wildman–Crippen LogP) is 2.02. The quantitative estimate of drug-likeness (QED) is 0.283. The van der Waals surface area contributed by atoms with E-state index < -0.39 is 10.9 Å². The molecule has 0 aromatic heterocycles. The summed E-state index contributed by atoms with van der Waals surface area (Å²) in [6.45, 7) is 0. The average molecular weight is 309 g/mol. The van der Waals surface area contributed by atoms with Gasteiger partial charge in [-0.05, 0) is 18.2 Å². The lowest BCUT2D eigenvalue weighted by Gasteiger charge is -2.05. The molecule has 1 aromatic carbocycles. The van der Waals surface area contributed by atoms with Gasteiger partial charge < -0.3 is 10.5 Å². The van der Waals surface area contributed by atoms with Crippen molar-refractivity contribution in [2.45, 2.75) is 4.90 Å². The summed E-state index contributed by atoms with van der Waals surface area (Å²) in [5.41, 5.74) is 6.26. The number of nitrogens with two attached hydrogens (primary N) is 1. The molecule has 2 N–H and O–H groups in total. The second-order valence-electron chi connectivity index (χ2n) is 3.87. The summed E-state index contributed by atoms with van der Waals surface area (Å²) in [5.74, 6) is -0.238. The molecule has 0 atom stereocenters. The van der Waals surface area contributed by atoms with E-state index in [4.69, 9.17) is 5.73 Å². The molecule has 1 aromatic rings. The lowest BCUT2D eigenvalue weighted by Crippen LogP contribution is -2.04. The van der Waals surface area contributed by atoms with Gasteiger partial charge in [-0.3, -0.25) is 15.1 Å². The summed E-state index contributed by atoms with van der Waals surface area (Å²) in [7, 11) is 2.84. The smallest absolute Gasteiger partial charge is 0.338 e. The van der Waals surface area contributed by atoms with E-state index in [0.29, 0.717) is 16.3 Å². The third-order valence-electron chi connectivity index (χ3n) is 2.41. The lowest BCUT2D eigenvalue weighted by molar-refractivity contribution is -0.387. The minimum atomic E-state index is -0.617. The van der Waals surface area contributed by atoms with Crippen LogP contribution in [0, 0.1) is 10.1 Å². The number of hydrogen-bond donors (Lipinski definition) is 1. The molecule has 0 saturated heterocycles. The van der Waals surface area contributed by atoms with E-state index in [2.05, 4.69) is 9.73 Å². The van der Waals surface area contributed by atoms with E-state index in [1.54, 1.807) is 19.3 Å². The number of carbonyl (C=O) groups is 1. The van der Waals surface area contributed by atoms with Gasteiger partial charge in [-0.2, -0.15) is 0 Å². The van der Waals surface area contributed by atoms with Gasteiger partial charge in [0.1, 0.15) is 0 Å². The number of nitro benzene ring substituents is 1. The molecule has 0 aliphatic heterocycles. The Morgan fingerprint density at radius 2 is 2.29 bits per heavy atom. The van der Waals surface area contributed by atoms with E-state index in [-0.39, 0.29) is 11.3 Å². The van der Waals surface area contributed by atoms with Crippen LogP contribution < -0.4 is 5.73 Å². The highest BCUT2D eigenvalue weighted by atomic mass is 32.2. The minimum Gasteiger partial charge on any atom is -0.465 e. The summed E-state index contributed by atoms with van der Waals surface area (Å²) in [6.07, 6.45) is 3.17. The van der Waals surface area contributed by atoms with Gasteiger partial charge in [0.05, 0.1) is 22.5 Å². The summed E-state index contributed by atoms with van der Waals surface area (Å²) < 4.78 is 4.54. The van der Waals surface area contributed by atoms with Crippen LogP contribution >= 0.6 is 11.8 Å². The molecule has 0 radical (unpaired) electrons. The number of thioether (sulfide) groups is 1. The Balaban J connectivity index is 2.97. The average Bonchev–Trinajstić information content (AvgIpc) is 2.49. The molecule has 1 rings (SSSR count). The monoisotopic (exact) mass is 309 g/mol. The molecule has 112 valence electrons. The number of esters is 1. The maximum absolute atomic E-state index is 11.4. The molecular formula is C13H15N3O4S. The molecule has 7 nitrogen and oxygen atoms in total. The number of allylic oxidation sites excluding steroid dienone is 1. The van der Waals surface area contributed by atoms with Gasteiger partial charge in [-0.25, -0.2) is 4.79 Å². The Labute approximate surface area is 126 Å². The van der Waals surface area contributed by atoms with Crippen molar-refractivity contribution in [2.24, 2.45) is 10.7 Å². The zero-order chi connectivity index (χ0) is 15.8. The Kier molecular flexibility index (Phi) is 6.41. The molecule has 8 heteroatoms. The highest BCUT2D eigenvalue weighted by molar-refractivity contribution is 7.99. The first-order valence-electron chi connectivity index (χ1n) is 5.86. The third kappa shape index (κ3) is 4.92. The number of nitro groups is 1. The van der Waals surface area contributed by atoms with Gasteiger partial charge in [-0.1, -0.05) is 0 Å². The number of benzene rings is 1.